The first-order chi connectivity index (χ1) is 17.5. The van der Waals surface area contributed by atoms with Crippen LogP contribution in [0.2, 0.25) is 0 Å². The number of aliphatic hydroxyl groups excluding tert-OH is 2. The number of fused-ring (bicyclic) bond motifs is 3. The van der Waals surface area contributed by atoms with Gasteiger partial charge in [-0.15, -0.1) is 0 Å². The molecular formula is C28H31FN2O5. The van der Waals surface area contributed by atoms with Gasteiger partial charge in [-0.2, -0.15) is 0 Å². The molecule has 3 aliphatic rings. The van der Waals surface area contributed by atoms with E-state index in [2.05, 4.69) is 5.32 Å². The molecule has 2 aromatic carbocycles. The van der Waals surface area contributed by atoms with Crippen LogP contribution in [0, 0.1) is 11.7 Å². The Morgan fingerprint density at radius 1 is 1.14 bits per heavy atom. The van der Waals surface area contributed by atoms with E-state index < -0.39 is 24.2 Å². The molecule has 0 saturated heterocycles. The highest BCUT2D eigenvalue weighted by Crippen LogP contribution is 2.47. The van der Waals surface area contributed by atoms with Gasteiger partial charge in [0, 0.05) is 30.1 Å². The summed E-state index contributed by atoms with van der Waals surface area (Å²) >= 11 is 0. The molecular weight excluding hydrogens is 463 g/mol. The highest BCUT2D eigenvalue weighted by Gasteiger charge is 2.50. The average molecular weight is 495 g/mol. The number of carbonyl (C=O) groups excluding carboxylic acids is 2. The van der Waals surface area contributed by atoms with Gasteiger partial charge in [-0.1, -0.05) is 36.8 Å². The molecule has 7 nitrogen and oxygen atoms in total. The molecule has 0 unspecified atom stereocenters. The second kappa shape index (κ2) is 10.4. The van der Waals surface area contributed by atoms with E-state index in [1.54, 1.807) is 23.1 Å². The summed E-state index contributed by atoms with van der Waals surface area (Å²) in [5.74, 6) is -0.784. The van der Waals surface area contributed by atoms with E-state index in [1.807, 2.05) is 24.3 Å². The molecule has 1 heterocycles. The van der Waals surface area contributed by atoms with Crippen LogP contribution in [-0.4, -0.2) is 64.9 Å². The van der Waals surface area contributed by atoms with Crippen molar-refractivity contribution in [3.63, 3.8) is 0 Å². The Kier molecular flexibility index (Phi) is 7.07. The van der Waals surface area contributed by atoms with Crippen molar-refractivity contribution in [2.75, 3.05) is 19.7 Å². The molecule has 8 heteroatoms. The Labute approximate surface area is 209 Å². The summed E-state index contributed by atoms with van der Waals surface area (Å²) in [5, 5.41) is 23.5. The van der Waals surface area contributed by atoms with Crippen molar-refractivity contribution in [1.29, 1.82) is 0 Å². The molecule has 190 valence electrons. The first kappa shape index (κ1) is 24.5. The van der Waals surface area contributed by atoms with Crippen LogP contribution in [0.15, 0.2) is 60.2 Å². The summed E-state index contributed by atoms with van der Waals surface area (Å²) in [7, 11) is 0. The van der Waals surface area contributed by atoms with Gasteiger partial charge in [0.25, 0.3) is 0 Å². The molecule has 0 radical (unpaired) electrons. The quantitative estimate of drug-likeness (QED) is 0.523. The van der Waals surface area contributed by atoms with Crippen molar-refractivity contribution < 1.29 is 28.9 Å². The van der Waals surface area contributed by atoms with E-state index in [0.29, 0.717) is 17.7 Å². The summed E-state index contributed by atoms with van der Waals surface area (Å²) in [5.41, 5.74) is 1.96. The van der Waals surface area contributed by atoms with Gasteiger partial charge in [0.2, 0.25) is 11.8 Å². The smallest absolute Gasteiger partial charge is 0.247 e. The lowest BCUT2D eigenvalue weighted by atomic mass is 9.76. The third-order valence-corrected chi connectivity index (χ3v) is 7.50. The minimum Gasteiger partial charge on any atom is -0.486 e. The van der Waals surface area contributed by atoms with Crippen molar-refractivity contribution in [2.45, 2.75) is 49.9 Å². The lowest BCUT2D eigenvalue weighted by Gasteiger charge is -2.43. The second-order valence-corrected chi connectivity index (χ2v) is 9.72. The van der Waals surface area contributed by atoms with Gasteiger partial charge >= 0.3 is 0 Å². The maximum Gasteiger partial charge on any atom is 0.247 e. The van der Waals surface area contributed by atoms with Gasteiger partial charge in [0.15, 0.2) is 0 Å². The van der Waals surface area contributed by atoms with Crippen LogP contribution in [0.3, 0.4) is 0 Å². The molecule has 0 bridgehead atoms. The van der Waals surface area contributed by atoms with Gasteiger partial charge < -0.3 is 25.2 Å². The third kappa shape index (κ3) is 4.63. The topological polar surface area (TPSA) is 99.1 Å². The molecule has 2 aromatic rings. The Bertz CT molecular complexity index is 1160. The summed E-state index contributed by atoms with van der Waals surface area (Å²) in [4.78, 5) is 28.4. The zero-order valence-electron chi connectivity index (χ0n) is 20.0. The molecule has 36 heavy (non-hydrogen) atoms. The highest BCUT2D eigenvalue weighted by molar-refractivity contribution is 5.96. The first-order valence-corrected chi connectivity index (χ1v) is 12.6. The SMILES string of the molecule is O=C(NCCO)C1=C[C@@H](N(CCc2cccc(F)c2)C(=O)C2CCC2)[C@H](O)[C@H]2Oc3ccccc3[C@@H]12. The van der Waals surface area contributed by atoms with Gasteiger partial charge in [-0.05, 0) is 49.1 Å². The Morgan fingerprint density at radius 3 is 2.67 bits per heavy atom. The van der Waals surface area contributed by atoms with Crippen molar-refractivity contribution >= 4 is 11.8 Å². The fourth-order valence-electron chi connectivity index (χ4n) is 5.43. The summed E-state index contributed by atoms with van der Waals surface area (Å²) in [6.07, 6.45) is 2.86. The fraction of sp³-hybridized carbons (Fsp3) is 0.429. The fourth-order valence-corrected chi connectivity index (χ4v) is 5.43. The molecule has 1 saturated carbocycles. The number of benzene rings is 2. The lowest BCUT2D eigenvalue weighted by molar-refractivity contribution is -0.144. The number of hydrogen-bond donors (Lipinski definition) is 3. The molecule has 3 N–H and O–H groups in total. The molecule has 2 amide bonds. The van der Waals surface area contributed by atoms with E-state index in [9.17, 15) is 24.2 Å². The minimum absolute atomic E-state index is 0.0676. The number of halogens is 1. The van der Waals surface area contributed by atoms with E-state index in [-0.39, 0.29) is 43.2 Å². The number of hydrogen-bond acceptors (Lipinski definition) is 5. The monoisotopic (exact) mass is 494 g/mol. The maximum atomic E-state index is 13.8. The van der Waals surface area contributed by atoms with Crippen LogP contribution >= 0.6 is 0 Å². The van der Waals surface area contributed by atoms with Gasteiger partial charge in [-0.25, -0.2) is 4.39 Å². The van der Waals surface area contributed by atoms with Crippen molar-refractivity contribution in [3.8, 4) is 5.75 Å². The number of nitrogens with zero attached hydrogens (tertiary/aromatic N) is 1. The highest BCUT2D eigenvalue weighted by atomic mass is 19.1. The summed E-state index contributed by atoms with van der Waals surface area (Å²) < 4.78 is 19.9. The van der Waals surface area contributed by atoms with Gasteiger partial charge in [0.1, 0.15) is 23.8 Å². The second-order valence-electron chi connectivity index (χ2n) is 9.72. The van der Waals surface area contributed by atoms with Crippen LogP contribution in [-0.2, 0) is 16.0 Å². The number of para-hydroxylation sites is 1. The molecule has 1 aliphatic heterocycles. The van der Waals surface area contributed by atoms with Gasteiger partial charge in [0.05, 0.1) is 18.6 Å². The van der Waals surface area contributed by atoms with Crippen molar-refractivity contribution in [2.24, 2.45) is 5.92 Å². The predicted octanol–water partition coefficient (Wildman–Crippen LogP) is 2.32. The number of carbonyl (C=O) groups is 2. The normalized spacial score (nSPS) is 24.6. The Hall–Kier alpha value is -3.23. The molecule has 1 fully saturated rings. The van der Waals surface area contributed by atoms with Crippen LogP contribution in [0.5, 0.6) is 5.75 Å². The zero-order chi connectivity index (χ0) is 25.2. The van der Waals surface area contributed by atoms with Crippen molar-refractivity contribution in [3.05, 3.63) is 77.1 Å². The van der Waals surface area contributed by atoms with E-state index in [1.165, 1.54) is 12.1 Å². The van der Waals surface area contributed by atoms with Gasteiger partial charge in [-0.3, -0.25) is 9.59 Å². The number of ether oxygens (including phenoxy) is 1. The molecule has 5 rings (SSSR count). The molecule has 4 atom stereocenters. The summed E-state index contributed by atoms with van der Waals surface area (Å²) in [6.45, 7) is 0.159. The van der Waals surface area contributed by atoms with E-state index in [4.69, 9.17) is 4.74 Å². The lowest BCUT2D eigenvalue weighted by Crippen LogP contribution is -2.57. The average Bonchev–Trinajstić information content (AvgIpc) is 3.23. The van der Waals surface area contributed by atoms with E-state index >= 15 is 0 Å². The third-order valence-electron chi connectivity index (χ3n) is 7.50. The van der Waals surface area contributed by atoms with E-state index in [0.717, 1.165) is 30.4 Å². The molecule has 0 aromatic heterocycles. The molecule has 2 aliphatic carbocycles. The Balaban J connectivity index is 1.50. The van der Waals surface area contributed by atoms with Crippen LogP contribution in [0.4, 0.5) is 4.39 Å². The maximum absolute atomic E-state index is 13.8. The van der Waals surface area contributed by atoms with Crippen LogP contribution in [0.1, 0.15) is 36.3 Å². The largest absolute Gasteiger partial charge is 0.486 e. The number of aliphatic hydroxyl groups is 2. The Morgan fingerprint density at radius 2 is 1.94 bits per heavy atom. The van der Waals surface area contributed by atoms with Crippen LogP contribution < -0.4 is 10.1 Å². The zero-order valence-corrected chi connectivity index (χ0v) is 20.0. The predicted molar refractivity (Wildman–Crippen MR) is 131 cm³/mol. The first-order valence-electron chi connectivity index (χ1n) is 12.6. The number of nitrogens with one attached hydrogen (secondary N) is 1. The van der Waals surface area contributed by atoms with Crippen molar-refractivity contribution in [1.82, 2.24) is 10.2 Å². The molecule has 0 spiro atoms. The number of amides is 2. The van der Waals surface area contributed by atoms with Crippen LogP contribution in [0.25, 0.3) is 0 Å². The standard InChI is InChI=1S/C28H31FN2O5/c29-19-8-3-5-17(15-19)11-13-31(28(35)18-6-4-7-18)22-16-21(27(34)30-12-14-32)24-20-9-1-2-10-23(20)36-26(24)25(22)33/h1-3,5,8-10,15-16,18,22,24-26,32-33H,4,6-7,11-14H2,(H,30,34)/t22-,24+,25+,26+/m1/s1. The summed E-state index contributed by atoms with van der Waals surface area (Å²) in [6, 6.07) is 12.9. The number of rotatable bonds is 8. The minimum atomic E-state index is -1.06.